The first-order valence-electron chi connectivity index (χ1n) is 10.3. The lowest BCUT2D eigenvalue weighted by molar-refractivity contribution is -0.0531. The minimum absolute atomic E-state index is 0.218. The van der Waals surface area contributed by atoms with Gasteiger partial charge in [0.25, 0.3) is 0 Å². The van der Waals surface area contributed by atoms with Gasteiger partial charge >= 0.3 is 0 Å². The SMILES string of the molecule is Cn1ccc(Nc2ncnc3ccc(Oc4ncc(OCCC5OCCO5)cc4Cl)cc23)n1. The average Bonchev–Trinajstić information content (AvgIpc) is 3.48. The number of fused-ring (bicyclic) bond motifs is 1. The van der Waals surface area contributed by atoms with E-state index in [9.17, 15) is 0 Å². The van der Waals surface area contributed by atoms with Crippen molar-refractivity contribution in [1.29, 1.82) is 0 Å². The molecular weight excluding hydrogens is 448 g/mol. The van der Waals surface area contributed by atoms with Crippen LogP contribution in [0.25, 0.3) is 10.9 Å². The van der Waals surface area contributed by atoms with Crippen molar-refractivity contribution in [3.63, 3.8) is 0 Å². The third-order valence-electron chi connectivity index (χ3n) is 4.88. The van der Waals surface area contributed by atoms with Crippen LogP contribution in [-0.4, -0.2) is 50.8 Å². The summed E-state index contributed by atoms with van der Waals surface area (Å²) in [6, 6.07) is 8.98. The summed E-state index contributed by atoms with van der Waals surface area (Å²) in [7, 11) is 1.85. The van der Waals surface area contributed by atoms with E-state index in [1.165, 1.54) is 6.33 Å². The van der Waals surface area contributed by atoms with Gasteiger partial charge in [-0.25, -0.2) is 15.0 Å². The fourth-order valence-electron chi connectivity index (χ4n) is 3.32. The lowest BCUT2D eigenvalue weighted by Crippen LogP contribution is -2.12. The average molecular weight is 469 g/mol. The van der Waals surface area contributed by atoms with Crippen molar-refractivity contribution >= 4 is 34.1 Å². The Labute approximate surface area is 194 Å². The van der Waals surface area contributed by atoms with Gasteiger partial charge in [0.1, 0.15) is 28.7 Å². The van der Waals surface area contributed by atoms with E-state index in [4.69, 9.17) is 30.5 Å². The van der Waals surface area contributed by atoms with Gasteiger partial charge in [0.2, 0.25) is 5.88 Å². The number of nitrogens with zero attached hydrogens (tertiary/aromatic N) is 5. The molecule has 5 rings (SSSR count). The predicted molar refractivity (Wildman–Crippen MR) is 121 cm³/mol. The maximum absolute atomic E-state index is 6.38. The van der Waals surface area contributed by atoms with Crippen LogP contribution in [0.5, 0.6) is 17.4 Å². The van der Waals surface area contributed by atoms with Crippen LogP contribution >= 0.6 is 11.6 Å². The molecule has 1 aliphatic rings. The molecule has 0 radical (unpaired) electrons. The van der Waals surface area contributed by atoms with Gasteiger partial charge in [0.15, 0.2) is 12.1 Å². The molecule has 33 heavy (non-hydrogen) atoms. The van der Waals surface area contributed by atoms with Crippen LogP contribution in [0.15, 0.2) is 49.1 Å². The Balaban J connectivity index is 1.29. The monoisotopic (exact) mass is 468 g/mol. The number of benzene rings is 1. The molecule has 0 saturated carbocycles. The third kappa shape index (κ3) is 5.14. The summed E-state index contributed by atoms with van der Waals surface area (Å²) in [5.74, 6) is 2.64. The summed E-state index contributed by atoms with van der Waals surface area (Å²) in [4.78, 5) is 13.0. The normalized spacial score (nSPS) is 14.0. The van der Waals surface area contributed by atoms with Crippen molar-refractivity contribution in [3.05, 3.63) is 54.1 Å². The first kappa shape index (κ1) is 21.4. The third-order valence-corrected chi connectivity index (χ3v) is 5.15. The van der Waals surface area contributed by atoms with E-state index >= 15 is 0 Å². The van der Waals surface area contributed by atoms with E-state index in [2.05, 4.69) is 25.4 Å². The summed E-state index contributed by atoms with van der Waals surface area (Å²) >= 11 is 6.38. The van der Waals surface area contributed by atoms with Crippen molar-refractivity contribution < 1.29 is 18.9 Å². The molecule has 1 aromatic carbocycles. The zero-order valence-electron chi connectivity index (χ0n) is 17.8. The number of hydrogen-bond donors (Lipinski definition) is 1. The second-order valence-electron chi connectivity index (χ2n) is 7.27. The van der Waals surface area contributed by atoms with Crippen LogP contribution in [0, 0.1) is 0 Å². The molecule has 11 heteroatoms. The van der Waals surface area contributed by atoms with Crippen molar-refractivity contribution in [2.45, 2.75) is 12.7 Å². The number of anilines is 2. The standard InChI is InChI=1S/C22H21ClN6O4/c1-29-6-4-19(28-29)27-21-16-10-14(2-3-18(16)25-13-26-21)33-22-17(23)11-15(12-24-22)30-7-5-20-31-8-9-32-20/h2-4,6,10-13,20H,5,7-9H2,1H3,(H,25,26,27,28). The molecule has 10 nitrogen and oxygen atoms in total. The van der Waals surface area contributed by atoms with Crippen molar-refractivity contribution in [3.8, 4) is 17.4 Å². The predicted octanol–water partition coefficient (Wildman–Crippen LogP) is 4.09. The summed E-state index contributed by atoms with van der Waals surface area (Å²) in [5.41, 5.74) is 0.758. The molecule has 0 atom stereocenters. The van der Waals surface area contributed by atoms with Gasteiger partial charge in [-0.05, 0) is 18.2 Å². The molecule has 4 aromatic rings. The first-order chi connectivity index (χ1) is 16.1. The molecule has 4 heterocycles. The van der Waals surface area contributed by atoms with Gasteiger partial charge in [-0.2, -0.15) is 5.10 Å². The Morgan fingerprint density at radius 3 is 2.79 bits per heavy atom. The van der Waals surface area contributed by atoms with E-state index in [1.807, 2.05) is 31.4 Å². The molecule has 1 aliphatic heterocycles. The molecule has 1 fully saturated rings. The molecule has 0 amide bonds. The zero-order valence-corrected chi connectivity index (χ0v) is 18.5. The minimum Gasteiger partial charge on any atom is -0.492 e. The largest absolute Gasteiger partial charge is 0.492 e. The van der Waals surface area contributed by atoms with E-state index in [0.29, 0.717) is 54.4 Å². The number of rotatable bonds is 8. The van der Waals surface area contributed by atoms with Gasteiger partial charge in [-0.3, -0.25) is 4.68 Å². The number of aromatic nitrogens is 5. The summed E-state index contributed by atoms with van der Waals surface area (Å²) in [6.45, 7) is 1.66. The number of ether oxygens (including phenoxy) is 4. The van der Waals surface area contributed by atoms with Gasteiger partial charge in [0.05, 0.1) is 31.5 Å². The van der Waals surface area contributed by atoms with Crippen LogP contribution in [0.4, 0.5) is 11.6 Å². The van der Waals surface area contributed by atoms with Crippen LogP contribution < -0.4 is 14.8 Å². The van der Waals surface area contributed by atoms with Crippen LogP contribution in [0.1, 0.15) is 6.42 Å². The summed E-state index contributed by atoms with van der Waals surface area (Å²) in [6.07, 6.45) is 5.32. The molecule has 0 aliphatic carbocycles. The van der Waals surface area contributed by atoms with Crippen molar-refractivity contribution in [1.82, 2.24) is 24.7 Å². The fraction of sp³-hybridized carbons (Fsp3) is 0.273. The molecule has 1 saturated heterocycles. The lowest BCUT2D eigenvalue weighted by atomic mass is 10.2. The Bertz CT molecular complexity index is 1260. The highest BCUT2D eigenvalue weighted by molar-refractivity contribution is 6.32. The number of halogens is 1. The number of hydrogen-bond acceptors (Lipinski definition) is 9. The molecule has 170 valence electrons. The number of pyridine rings is 1. The maximum Gasteiger partial charge on any atom is 0.238 e. The Kier molecular flexibility index (Phi) is 6.20. The molecule has 0 spiro atoms. The first-order valence-corrected chi connectivity index (χ1v) is 10.7. The van der Waals surface area contributed by atoms with Gasteiger partial charge in [-0.15, -0.1) is 0 Å². The second kappa shape index (κ2) is 9.57. The number of nitrogens with one attached hydrogen (secondary N) is 1. The van der Waals surface area contributed by atoms with Crippen molar-refractivity contribution in [2.24, 2.45) is 7.05 Å². The smallest absolute Gasteiger partial charge is 0.238 e. The van der Waals surface area contributed by atoms with Gasteiger partial charge in [0, 0.05) is 37.2 Å². The van der Waals surface area contributed by atoms with E-state index in [-0.39, 0.29) is 12.2 Å². The topological polar surface area (TPSA) is 105 Å². The van der Waals surface area contributed by atoms with E-state index < -0.39 is 0 Å². The Hall–Kier alpha value is -3.47. The van der Waals surface area contributed by atoms with Gasteiger partial charge < -0.3 is 24.3 Å². The Morgan fingerprint density at radius 2 is 2.00 bits per heavy atom. The highest BCUT2D eigenvalue weighted by atomic mass is 35.5. The van der Waals surface area contributed by atoms with Gasteiger partial charge in [-0.1, -0.05) is 11.6 Å². The summed E-state index contributed by atoms with van der Waals surface area (Å²) < 4.78 is 24.1. The van der Waals surface area contributed by atoms with E-state index in [0.717, 1.165) is 10.9 Å². The number of aryl methyl sites for hydroxylation is 1. The highest BCUT2D eigenvalue weighted by Crippen LogP contribution is 2.33. The molecule has 0 bridgehead atoms. The zero-order chi connectivity index (χ0) is 22.6. The van der Waals surface area contributed by atoms with Crippen LogP contribution in [0.3, 0.4) is 0 Å². The summed E-state index contributed by atoms with van der Waals surface area (Å²) in [5, 5.41) is 8.63. The molecule has 0 unspecified atom stereocenters. The van der Waals surface area contributed by atoms with Crippen molar-refractivity contribution in [2.75, 3.05) is 25.1 Å². The minimum atomic E-state index is -0.218. The molecular formula is C22H21ClN6O4. The molecule has 3 aromatic heterocycles. The second-order valence-corrected chi connectivity index (χ2v) is 7.68. The Morgan fingerprint density at radius 1 is 1.12 bits per heavy atom. The molecule has 1 N–H and O–H groups in total. The highest BCUT2D eigenvalue weighted by Gasteiger charge is 2.16. The maximum atomic E-state index is 6.38. The van der Waals surface area contributed by atoms with E-state index in [1.54, 1.807) is 23.0 Å². The quantitative estimate of drug-likeness (QED) is 0.409. The van der Waals surface area contributed by atoms with Crippen LogP contribution in [0.2, 0.25) is 5.02 Å². The lowest BCUT2D eigenvalue weighted by Gasteiger charge is -2.12. The fourth-order valence-corrected chi connectivity index (χ4v) is 3.52. The van der Waals surface area contributed by atoms with Crippen LogP contribution in [-0.2, 0) is 16.5 Å².